The fourth-order valence-electron chi connectivity index (χ4n) is 3.35. The van der Waals surface area contributed by atoms with Crippen LogP contribution in [0.25, 0.3) is 0 Å². The highest BCUT2D eigenvalue weighted by atomic mass is 15.2. The minimum absolute atomic E-state index is 0.146. The van der Waals surface area contributed by atoms with Crippen LogP contribution in [-0.2, 0) is 0 Å². The highest BCUT2D eigenvalue weighted by molar-refractivity contribution is 5.28. The van der Waals surface area contributed by atoms with Crippen LogP contribution >= 0.6 is 0 Å². The summed E-state index contributed by atoms with van der Waals surface area (Å²) < 4.78 is 0. The van der Waals surface area contributed by atoms with E-state index in [0.29, 0.717) is 24.2 Å². The van der Waals surface area contributed by atoms with Crippen LogP contribution in [0.4, 0.5) is 0 Å². The minimum Gasteiger partial charge on any atom is -0.287 e. The van der Waals surface area contributed by atoms with Gasteiger partial charge in [-0.1, -0.05) is 42.2 Å². The van der Waals surface area contributed by atoms with E-state index in [1.54, 1.807) is 0 Å². The van der Waals surface area contributed by atoms with E-state index in [1.165, 1.54) is 5.56 Å². The SMILES string of the molecule is CC(C)N(CC#CC(c1ccccc1)N(C(C)C)C(C)C)C(C)C. The van der Waals surface area contributed by atoms with Crippen molar-refractivity contribution in [3.05, 3.63) is 35.9 Å². The Bertz CT molecular complexity index is 504. The van der Waals surface area contributed by atoms with Crippen LogP contribution in [-0.4, -0.2) is 40.5 Å². The Morgan fingerprint density at radius 2 is 1.25 bits per heavy atom. The zero-order valence-electron chi connectivity index (χ0n) is 16.9. The summed E-state index contributed by atoms with van der Waals surface area (Å²) in [7, 11) is 0. The Morgan fingerprint density at radius 1 is 0.750 bits per heavy atom. The Balaban J connectivity index is 3.10. The van der Waals surface area contributed by atoms with Crippen LogP contribution in [0.5, 0.6) is 0 Å². The first kappa shape index (κ1) is 20.7. The first-order chi connectivity index (χ1) is 11.3. The summed E-state index contributed by atoms with van der Waals surface area (Å²) >= 11 is 0. The van der Waals surface area contributed by atoms with Crippen LogP contribution in [0.1, 0.15) is 67.0 Å². The third-order valence-corrected chi connectivity index (χ3v) is 4.43. The molecule has 1 aromatic carbocycles. The van der Waals surface area contributed by atoms with Crippen molar-refractivity contribution < 1.29 is 0 Å². The molecular weight excluding hydrogens is 292 g/mol. The summed E-state index contributed by atoms with van der Waals surface area (Å²) in [6, 6.07) is 12.8. The maximum absolute atomic E-state index is 3.57. The molecule has 0 spiro atoms. The molecule has 0 fully saturated rings. The molecule has 2 nitrogen and oxygen atoms in total. The molecule has 0 N–H and O–H groups in total. The highest BCUT2D eigenvalue weighted by Gasteiger charge is 2.23. The van der Waals surface area contributed by atoms with Crippen molar-refractivity contribution >= 4 is 0 Å². The molecule has 0 amide bonds. The smallest absolute Gasteiger partial charge is 0.0975 e. The second kappa shape index (κ2) is 9.87. The number of benzene rings is 1. The fourth-order valence-corrected chi connectivity index (χ4v) is 3.35. The van der Waals surface area contributed by atoms with Gasteiger partial charge in [0.1, 0.15) is 0 Å². The molecule has 0 aliphatic rings. The zero-order valence-corrected chi connectivity index (χ0v) is 16.9. The molecule has 0 aliphatic carbocycles. The van der Waals surface area contributed by atoms with Gasteiger partial charge in [0.05, 0.1) is 12.6 Å². The molecule has 0 heterocycles. The van der Waals surface area contributed by atoms with Crippen molar-refractivity contribution in [1.29, 1.82) is 0 Å². The van der Waals surface area contributed by atoms with Crippen molar-refractivity contribution in [3.63, 3.8) is 0 Å². The van der Waals surface area contributed by atoms with E-state index >= 15 is 0 Å². The lowest BCUT2D eigenvalue weighted by atomic mass is 10.0. The third kappa shape index (κ3) is 5.96. The van der Waals surface area contributed by atoms with Crippen LogP contribution in [0.3, 0.4) is 0 Å². The second-order valence-electron chi connectivity index (χ2n) is 7.63. The van der Waals surface area contributed by atoms with Gasteiger partial charge in [0.15, 0.2) is 0 Å². The van der Waals surface area contributed by atoms with Crippen molar-refractivity contribution in [2.75, 3.05) is 6.54 Å². The summed E-state index contributed by atoms with van der Waals surface area (Å²) in [6.45, 7) is 18.8. The number of nitrogens with zero attached hydrogens (tertiary/aromatic N) is 2. The van der Waals surface area contributed by atoms with E-state index < -0.39 is 0 Å². The quantitative estimate of drug-likeness (QED) is 0.652. The highest BCUT2D eigenvalue weighted by Crippen LogP contribution is 2.24. The lowest BCUT2D eigenvalue weighted by molar-refractivity contribution is 0.143. The second-order valence-corrected chi connectivity index (χ2v) is 7.63. The molecule has 1 unspecified atom stereocenters. The first-order valence-electron chi connectivity index (χ1n) is 9.32. The van der Waals surface area contributed by atoms with Crippen LogP contribution in [0, 0.1) is 11.8 Å². The van der Waals surface area contributed by atoms with E-state index in [-0.39, 0.29) is 6.04 Å². The molecule has 24 heavy (non-hydrogen) atoms. The topological polar surface area (TPSA) is 6.48 Å². The van der Waals surface area contributed by atoms with E-state index in [0.717, 1.165) is 6.54 Å². The summed E-state index contributed by atoms with van der Waals surface area (Å²) in [5, 5.41) is 0. The molecule has 1 rings (SSSR count). The van der Waals surface area contributed by atoms with Crippen LogP contribution < -0.4 is 0 Å². The van der Waals surface area contributed by atoms with Crippen LogP contribution in [0.15, 0.2) is 30.3 Å². The number of hydrogen-bond acceptors (Lipinski definition) is 2. The van der Waals surface area contributed by atoms with Gasteiger partial charge in [-0.15, -0.1) is 0 Å². The average molecular weight is 329 g/mol. The molecule has 0 bridgehead atoms. The van der Waals surface area contributed by atoms with Gasteiger partial charge in [-0.25, -0.2) is 0 Å². The molecule has 0 aromatic heterocycles. The molecule has 1 atom stereocenters. The maximum Gasteiger partial charge on any atom is 0.0975 e. The molecule has 134 valence electrons. The lowest BCUT2D eigenvalue weighted by Crippen LogP contribution is -2.40. The van der Waals surface area contributed by atoms with Gasteiger partial charge >= 0.3 is 0 Å². The Kier molecular flexibility index (Phi) is 8.53. The molecule has 0 radical (unpaired) electrons. The average Bonchev–Trinajstić information content (AvgIpc) is 2.49. The maximum atomic E-state index is 3.57. The summed E-state index contributed by atoms with van der Waals surface area (Å²) in [5.74, 6) is 7.04. The summed E-state index contributed by atoms with van der Waals surface area (Å²) in [6.07, 6.45) is 0. The van der Waals surface area contributed by atoms with Crippen LogP contribution in [0.2, 0.25) is 0 Å². The summed E-state index contributed by atoms with van der Waals surface area (Å²) in [4.78, 5) is 4.93. The van der Waals surface area contributed by atoms with E-state index in [4.69, 9.17) is 0 Å². The van der Waals surface area contributed by atoms with E-state index in [1.807, 2.05) is 0 Å². The third-order valence-electron chi connectivity index (χ3n) is 4.43. The molecule has 1 aromatic rings. The zero-order chi connectivity index (χ0) is 18.3. The fraction of sp³-hybridized carbons (Fsp3) is 0.636. The van der Waals surface area contributed by atoms with Gasteiger partial charge in [-0.2, -0.15) is 0 Å². The Hall–Kier alpha value is -1.30. The number of rotatable bonds is 7. The molecule has 0 saturated carbocycles. The van der Waals surface area contributed by atoms with Gasteiger partial charge in [0, 0.05) is 24.2 Å². The summed E-state index contributed by atoms with van der Waals surface area (Å²) in [5.41, 5.74) is 1.29. The van der Waals surface area contributed by atoms with E-state index in [2.05, 4.69) is 107 Å². The van der Waals surface area contributed by atoms with Crippen molar-refractivity contribution in [2.24, 2.45) is 0 Å². The minimum atomic E-state index is 0.146. The molecule has 2 heteroatoms. The van der Waals surface area contributed by atoms with Crippen molar-refractivity contribution in [2.45, 2.75) is 85.6 Å². The normalized spacial score (nSPS) is 13.2. The monoisotopic (exact) mass is 328 g/mol. The van der Waals surface area contributed by atoms with Gasteiger partial charge in [-0.3, -0.25) is 9.80 Å². The van der Waals surface area contributed by atoms with Crippen molar-refractivity contribution in [1.82, 2.24) is 9.80 Å². The Labute approximate surface area is 150 Å². The Morgan fingerprint density at radius 3 is 1.67 bits per heavy atom. The predicted octanol–water partition coefficient (Wildman–Crippen LogP) is 4.97. The van der Waals surface area contributed by atoms with E-state index in [9.17, 15) is 0 Å². The molecule has 0 saturated heterocycles. The van der Waals surface area contributed by atoms with Crippen molar-refractivity contribution in [3.8, 4) is 11.8 Å². The molecule has 0 aliphatic heterocycles. The van der Waals surface area contributed by atoms with Gasteiger partial charge in [-0.05, 0) is 61.0 Å². The van der Waals surface area contributed by atoms with Gasteiger partial charge < -0.3 is 0 Å². The largest absolute Gasteiger partial charge is 0.287 e. The predicted molar refractivity (Wildman–Crippen MR) is 106 cm³/mol. The lowest BCUT2D eigenvalue weighted by Gasteiger charge is -2.36. The number of hydrogen-bond donors (Lipinski definition) is 0. The first-order valence-corrected chi connectivity index (χ1v) is 9.32. The molecular formula is C22H36N2. The standard InChI is InChI=1S/C22H36N2/c1-17(2)23(18(3)4)16-12-15-22(21-13-10-9-11-14-21)24(19(5)6)20(7)8/h9-11,13-14,17-20,22H,16H2,1-8H3. The van der Waals surface area contributed by atoms with Gasteiger partial charge in [0.2, 0.25) is 0 Å². The van der Waals surface area contributed by atoms with Gasteiger partial charge in [0.25, 0.3) is 0 Å².